The predicted molar refractivity (Wildman–Crippen MR) is 145 cm³/mol. The second kappa shape index (κ2) is 15.7. The number of hydrogen-bond donors (Lipinski definition) is 1. The van der Waals surface area contributed by atoms with E-state index in [1.165, 1.54) is 6.33 Å². The molecule has 0 fully saturated rings. The molecule has 0 radical (unpaired) electrons. The molecule has 0 aliphatic carbocycles. The van der Waals surface area contributed by atoms with Crippen molar-refractivity contribution >= 4 is 63.7 Å². The van der Waals surface area contributed by atoms with Gasteiger partial charge in [-0.05, 0) is 18.2 Å². The second-order valence-corrected chi connectivity index (χ2v) is 7.98. The highest BCUT2D eigenvalue weighted by Crippen LogP contribution is 2.36. The number of aromatic nitrogens is 2. The zero-order valence-electron chi connectivity index (χ0n) is 19.8. The Hall–Kier alpha value is -2.23. The zero-order chi connectivity index (χ0) is 24.2. The maximum Gasteiger partial charge on any atom is 0.163 e. The molecule has 1 N–H and O–H groups in total. The highest BCUT2D eigenvalue weighted by molar-refractivity contribution is 6.18. The Labute approximate surface area is 222 Å². The highest BCUT2D eigenvalue weighted by atomic mass is 35.5. The number of nitrogens with zero attached hydrogens (tertiary/aromatic N) is 3. The van der Waals surface area contributed by atoms with Gasteiger partial charge in [-0.1, -0.05) is 12.1 Å². The maximum absolute atomic E-state index is 6.03. The summed E-state index contributed by atoms with van der Waals surface area (Å²) < 4.78 is 22.0. The molecule has 35 heavy (non-hydrogen) atoms. The molecule has 0 atom stereocenters. The molecule has 2 aromatic carbocycles. The van der Waals surface area contributed by atoms with Gasteiger partial charge in [0.25, 0.3) is 0 Å². The molecule has 0 bridgehead atoms. The molecule has 0 unspecified atom stereocenters. The van der Waals surface area contributed by atoms with Gasteiger partial charge in [0, 0.05) is 50.5 Å². The first-order chi connectivity index (χ1) is 16.7. The number of fused-ring (bicyclic) bond motifs is 1. The van der Waals surface area contributed by atoms with Crippen LogP contribution < -0.4 is 19.7 Å². The number of hydrogen-bond acceptors (Lipinski definition) is 8. The van der Waals surface area contributed by atoms with E-state index in [9.17, 15) is 0 Å². The van der Waals surface area contributed by atoms with Gasteiger partial charge in [-0.3, -0.25) is 0 Å². The van der Waals surface area contributed by atoms with Crippen LogP contribution in [0.15, 0.2) is 42.7 Å². The van der Waals surface area contributed by atoms with Gasteiger partial charge in [0.1, 0.15) is 25.4 Å². The van der Waals surface area contributed by atoms with Crippen LogP contribution in [0.2, 0.25) is 0 Å². The minimum Gasteiger partial charge on any atom is -0.487 e. The van der Waals surface area contributed by atoms with Crippen LogP contribution in [-0.4, -0.2) is 75.5 Å². The van der Waals surface area contributed by atoms with Gasteiger partial charge >= 0.3 is 0 Å². The molecular weight excluding hydrogens is 515 g/mol. The van der Waals surface area contributed by atoms with Gasteiger partial charge in [-0.25, -0.2) is 9.97 Å². The number of benzene rings is 2. The topological polar surface area (TPSA) is 78.0 Å². The van der Waals surface area contributed by atoms with E-state index in [0.29, 0.717) is 68.6 Å². The van der Waals surface area contributed by atoms with Crippen molar-refractivity contribution in [1.82, 2.24) is 9.97 Å². The van der Waals surface area contributed by atoms with Crippen molar-refractivity contribution in [3.05, 3.63) is 42.7 Å². The Balaban J connectivity index is 0.00000432. The minimum atomic E-state index is 0. The molecule has 0 saturated carbocycles. The standard InChI is InChI=1S/C24H30Cl2N4O4.ClH/c1-31-11-13-33-22-15-18-20(16-23(22)34-14-12-32-2)27-17-28-24(18)29-19-5-3-4-6-21(19)30(9-7-25)10-8-26;/h3-6,15-17H,7-14H2,1-2H3,(H,27,28,29);1H. The number of para-hydroxylation sites is 2. The summed E-state index contributed by atoms with van der Waals surface area (Å²) in [5, 5.41) is 4.26. The van der Waals surface area contributed by atoms with Crippen LogP contribution in [0, 0.1) is 0 Å². The normalized spacial score (nSPS) is 10.6. The molecule has 0 amide bonds. The lowest BCUT2D eigenvalue weighted by molar-refractivity contribution is 0.132. The summed E-state index contributed by atoms with van der Waals surface area (Å²) in [4.78, 5) is 11.1. The number of ether oxygens (including phenoxy) is 4. The van der Waals surface area contributed by atoms with Crippen LogP contribution in [0.4, 0.5) is 17.2 Å². The summed E-state index contributed by atoms with van der Waals surface area (Å²) in [6.45, 7) is 3.05. The molecular formula is C24H31Cl3N4O4. The molecule has 3 rings (SSSR count). The third kappa shape index (κ3) is 8.15. The summed E-state index contributed by atoms with van der Waals surface area (Å²) in [5.41, 5.74) is 2.60. The van der Waals surface area contributed by atoms with Crippen LogP contribution in [-0.2, 0) is 9.47 Å². The first-order valence-electron chi connectivity index (χ1n) is 11.0. The fraction of sp³-hybridized carbons (Fsp3) is 0.417. The van der Waals surface area contributed by atoms with Gasteiger partial charge < -0.3 is 29.2 Å². The largest absolute Gasteiger partial charge is 0.487 e. The summed E-state index contributed by atoms with van der Waals surface area (Å²) in [7, 11) is 3.26. The van der Waals surface area contributed by atoms with E-state index >= 15 is 0 Å². The number of rotatable bonds is 15. The molecule has 11 heteroatoms. The lowest BCUT2D eigenvalue weighted by Crippen LogP contribution is -2.28. The molecule has 3 aromatic rings. The minimum absolute atomic E-state index is 0. The summed E-state index contributed by atoms with van der Waals surface area (Å²) >= 11 is 12.1. The van der Waals surface area contributed by atoms with Crippen molar-refractivity contribution in [1.29, 1.82) is 0 Å². The molecule has 0 aliphatic rings. The third-order valence-corrected chi connectivity index (χ3v) is 5.34. The van der Waals surface area contributed by atoms with Crippen LogP contribution in [0.3, 0.4) is 0 Å². The monoisotopic (exact) mass is 544 g/mol. The second-order valence-electron chi connectivity index (χ2n) is 7.23. The number of halogens is 3. The van der Waals surface area contributed by atoms with E-state index in [4.69, 9.17) is 42.1 Å². The van der Waals surface area contributed by atoms with E-state index in [2.05, 4.69) is 20.2 Å². The van der Waals surface area contributed by atoms with Crippen LogP contribution in [0.25, 0.3) is 10.9 Å². The summed E-state index contributed by atoms with van der Waals surface area (Å²) in [6.07, 6.45) is 1.52. The van der Waals surface area contributed by atoms with Gasteiger partial charge in [0.15, 0.2) is 11.5 Å². The molecule has 1 heterocycles. The third-order valence-electron chi connectivity index (χ3n) is 5.00. The van der Waals surface area contributed by atoms with E-state index in [-0.39, 0.29) is 12.4 Å². The Morgan fingerprint density at radius 2 is 1.49 bits per heavy atom. The molecule has 1 aromatic heterocycles. The number of anilines is 3. The quantitative estimate of drug-likeness (QED) is 0.208. The molecule has 0 spiro atoms. The van der Waals surface area contributed by atoms with Crippen molar-refractivity contribution in [2.45, 2.75) is 0 Å². The molecule has 8 nitrogen and oxygen atoms in total. The average molecular weight is 546 g/mol. The van der Waals surface area contributed by atoms with Crippen molar-refractivity contribution in [2.75, 3.05) is 75.7 Å². The Morgan fingerprint density at radius 3 is 2.11 bits per heavy atom. The Kier molecular flexibility index (Phi) is 13.0. The maximum atomic E-state index is 6.03. The fourth-order valence-electron chi connectivity index (χ4n) is 3.40. The molecule has 0 saturated heterocycles. The summed E-state index contributed by atoms with van der Waals surface area (Å²) in [5.74, 6) is 2.80. The lowest BCUT2D eigenvalue weighted by Gasteiger charge is -2.26. The van der Waals surface area contributed by atoms with Crippen molar-refractivity contribution in [3.63, 3.8) is 0 Å². The summed E-state index contributed by atoms with van der Waals surface area (Å²) in [6, 6.07) is 11.7. The average Bonchev–Trinajstić information content (AvgIpc) is 2.85. The molecule has 0 aliphatic heterocycles. The van der Waals surface area contributed by atoms with E-state index in [0.717, 1.165) is 22.3 Å². The van der Waals surface area contributed by atoms with Gasteiger partial charge in [0.05, 0.1) is 30.1 Å². The number of alkyl halides is 2. The van der Waals surface area contributed by atoms with Crippen molar-refractivity contribution in [3.8, 4) is 11.5 Å². The zero-order valence-corrected chi connectivity index (χ0v) is 22.2. The molecule has 192 valence electrons. The smallest absolute Gasteiger partial charge is 0.163 e. The van der Waals surface area contributed by atoms with Gasteiger partial charge in [0.2, 0.25) is 0 Å². The van der Waals surface area contributed by atoms with Crippen molar-refractivity contribution < 1.29 is 18.9 Å². The van der Waals surface area contributed by atoms with Crippen molar-refractivity contribution in [2.24, 2.45) is 0 Å². The van der Waals surface area contributed by atoms with Crippen LogP contribution >= 0.6 is 35.6 Å². The Morgan fingerprint density at radius 1 is 0.857 bits per heavy atom. The highest BCUT2D eigenvalue weighted by Gasteiger charge is 2.15. The van der Waals surface area contributed by atoms with Gasteiger partial charge in [-0.15, -0.1) is 35.6 Å². The van der Waals surface area contributed by atoms with E-state index in [1.807, 2.05) is 36.4 Å². The van der Waals surface area contributed by atoms with E-state index < -0.39 is 0 Å². The van der Waals surface area contributed by atoms with Gasteiger partial charge in [-0.2, -0.15) is 0 Å². The van der Waals surface area contributed by atoms with Crippen LogP contribution in [0.1, 0.15) is 0 Å². The van der Waals surface area contributed by atoms with Crippen LogP contribution in [0.5, 0.6) is 11.5 Å². The Bertz CT molecular complexity index is 1040. The lowest BCUT2D eigenvalue weighted by atomic mass is 10.2. The SMILES string of the molecule is COCCOc1cc2ncnc(Nc3ccccc3N(CCCl)CCCl)c2cc1OCCOC.Cl. The number of methoxy groups -OCH3 is 2. The fourth-order valence-corrected chi connectivity index (χ4v) is 3.81. The van der Waals surface area contributed by atoms with E-state index in [1.54, 1.807) is 14.2 Å². The number of nitrogens with one attached hydrogen (secondary N) is 1. The predicted octanol–water partition coefficient (Wildman–Crippen LogP) is 5.13. The first-order valence-corrected chi connectivity index (χ1v) is 12.0. The first kappa shape index (κ1) is 29.0.